The Morgan fingerprint density at radius 1 is 1.07 bits per heavy atom. The molecule has 0 radical (unpaired) electrons. The molecule has 1 aliphatic rings. The summed E-state index contributed by atoms with van der Waals surface area (Å²) in [6.45, 7) is 6.74. The lowest BCUT2D eigenvalue weighted by Crippen LogP contribution is -2.52. The van der Waals surface area contributed by atoms with Crippen molar-refractivity contribution in [2.45, 2.75) is 20.0 Å². The van der Waals surface area contributed by atoms with E-state index in [-0.39, 0.29) is 5.91 Å². The smallest absolute Gasteiger partial charge is 0.263 e. The molecule has 5 nitrogen and oxygen atoms in total. The van der Waals surface area contributed by atoms with E-state index in [1.807, 2.05) is 41.3 Å². The summed E-state index contributed by atoms with van der Waals surface area (Å²) in [7, 11) is 1.61. The number of methoxy groups -OCH3 is 1. The third-order valence-corrected chi connectivity index (χ3v) is 5.04. The lowest BCUT2D eigenvalue weighted by molar-refractivity contribution is -0.138. The highest BCUT2D eigenvalue weighted by atomic mass is 35.5. The number of anilines is 1. The number of piperazine rings is 1. The maximum atomic E-state index is 12.8. The Labute approximate surface area is 165 Å². The monoisotopic (exact) mass is 388 g/mol. The zero-order valence-corrected chi connectivity index (χ0v) is 16.7. The summed E-state index contributed by atoms with van der Waals surface area (Å²) in [6, 6.07) is 13.2. The van der Waals surface area contributed by atoms with E-state index < -0.39 is 6.10 Å². The van der Waals surface area contributed by atoms with Gasteiger partial charge in [-0.15, -0.1) is 0 Å². The second-order valence-corrected chi connectivity index (χ2v) is 7.12. The van der Waals surface area contributed by atoms with Crippen LogP contribution < -0.4 is 14.4 Å². The van der Waals surface area contributed by atoms with E-state index in [9.17, 15) is 4.79 Å². The fraction of sp³-hybridized carbons (Fsp3) is 0.381. The minimum atomic E-state index is -0.545. The quantitative estimate of drug-likeness (QED) is 0.781. The molecule has 144 valence electrons. The van der Waals surface area contributed by atoms with Crippen LogP contribution in [-0.2, 0) is 4.79 Å². The van der Waals surface area contributed by atoms with E-state index in [1.165, 1.54) is 5.56 Å². The molecule has 0 saturated carbocycles. The average molecular weight is 389 g/mol. The number of aryl methyl sites for hydroxylation is 1. The molecular weight excluding hydrogens is 364 g/mol. The summed E-state index contributed by atoms with van der Waals surface area (Å²) in [5.74, 6) is 1.33. The Balaban J connectivity index is 1.58. The largest absolute Gasteiger partial charge is 0.497 e. The number of hydrogen-bond acceptors (Lipinski definition) is 4. The Bertz CT molecular complexity index is 804. The average Bonchev–Trinajstić information content (AvgIpc) is 2.69. The van der Waals surface area contributed by atoms with Crippen LogP contribution in [0.3, 0.4) is 0 Å². The molecule has 2 aromatic carbocycles. The van der Waals surface area contributed by atoms with Crippen LogP contribution in [0.2, 0.25) is 5.02 Å². The number of carbonyl (C=O) groups excluding carboxylic acids is 1. The summed E-state index contributed by atoms with van der Waals surface area (Å²) in [5, 5.41) is 0.731. The van der Waals surface area contributed by atoms with E-state index in [2.05, 4.69) is 11.8 Å². The summed E-state index contributed by atoms with van der Waals surface area (Å²) < 4.78 is 11.0. The van der Waals surface area contributed by atoms with Gasteiger partial charge in [-0.25, -0.2) is 0 Å². The van der Waals surface area contributed by atoms with Crippen molar-refractivity contribution in [2.75, 3.05) is 38.2 Å². The van der Waals surface area contributed by atoms with Gasteiger partial charge in [-0.05, 0) is 43.7 Å². The van der Waals surface area contributed by atoms with Crippen LogP contribution in [0.25, 0.3) is 0 Å². The first kappa shape index (κ1) is 19.4. The molecule has 0 aliphatic carbocycles. The van der Waals surface area contributed by atoms with E-state index in [1.54, 1.807) is 20.1 Å². The molecule has 1 saturated heterocycles. The van der Waals surface area contributed by atoms with E-state index >= 15 is 0 Å². The van der Waals surface area contributed by atoms with Gasteiger partial charge >= 0.3 is 0 Å². The van der Waals surface area contributed by atoms with Gasteiger partial charge in [0.15, 0.2) is 6.10 Å². The molecule has 3 rings (SSSR count). The van der Waals surface area contributed by atoms with Gasteiger partial charge in [-0.1, -0.05) is 23.7 Å². The molecule has 1 aliphatic heterocycles. The van der Waals surface area contributed by atoms with Crippen molar-refractivity contribution in [3.05, 3.63) is 53.1 Å². The van der Waals surface area contributed by atoms with Crippen LogP contribution in [-0.4, -0.2) is 50.2 Å². The van der Waals surface area contributed by atoms with Gasteiger partial charge in [-0.3, -0.25) is 4.79 Å². The van der Waals surface area contributed by atoms with Gasteiger partial charge in [0.1, 0.15) is 11.5 Å². The zero-order chi connectivity index (χ0) is 19.4. The Hall–Kier alpha value is -2.40. The highest BCUT2D eigenvalue weighted by molar-refractivity contribution is 6.30. The van der Waals surface area contributed by atoms with Gasteiger partial charge < -0.3 is 19.3 Å². The van der Waals surface area contributed by atoms with Crippen LogP contribution in [0, 0.1) is 6.92 Å². The number of nitrogens with zero attached hydrogens (tertiary/aromatic N) is 2. The van der Waals surface area contributed by atoms with E-state index in [0.717, 1.165) is 23.8 Å². The third-order valence-electron chi connectivity index (χ3n) is 4.81. The van der Waals surface area contributed by atoms with Gasteiger partial charge in [0.05, 0.1) is 7.11 Å². The van der Waals surface area contributed by atoms with Gasteiger partial charge in [-0.2, -0.15) is 0 Å². The van der Waals surface area contributed by atoms with Crippen molar-refractivity contribution in [2.24, 2.45) is 0 Å². The Kier molecular flexibility index (Phi) is 6.11. The fourth-order valence-corrected chi connectivity index (χ4v) is 3.44. The van der Waals surface area contributed by atoms with Crippen molar-refractivity contribution in [1.82, 2.24) is 4.90 Å². The first-order valence-corrected chi connectivity index (χ1v) is 9.46. The molecule has 0 N–H and O–H groups in total. The van der Waals surface area contributed by atoms with Gasteiger partial charge in [0.2, 0.25) is 0 Å². The van der Waals surface area contributed by atoms with Crippen LogP contribution in [0.5, 0.6) is 11.5 Å². The second kappa shape index (κ2) is 8.53. The highest BCUT2D eigenvalue weighted by Crippen LogP contribution is 2.26. The number of amides is 1. The Morgan fingerprint density at radius 2 is 1.78 bits per heavy atom. The van der Waals surface area contributed by atoms with E-state index in [0.29, 0.717) is 24.6 Å². The summed E-state index contributed by atoms with van der Waals surface area (Å²) in [5.41, 5.74) is 2.32. The number of benzene rings is 2. The first-order chi connectivity index (χ1) is 13.0. The topological polar surface area (TPSA) is 42.0 Å². The predicted molar refractivity (Wildman–Crippen MR) is 108 cm³/mol. The standard InChI is InChI=1S/C21H25ClN2O3/c1-15-7-8-17(22)13-20(15)23-9-11-24(12-10-23)21(25)16(2)27-19-6-4-5-18(14-19)26-3/h4-8,13-14,16H,9-12H2,1-3H3/t16-/m1/s1. The SMILES string of the molecule is COc1cccc(O[C@H](C)C(=O)N2CCN(c3cc(Cl)ccc3C)CC2)c1. The van der Waals surface area contributed by atoms with Crippen molar-refractivity contribution in [3.8, 4) is 11.5 Å². The summed E-state index contributed by atoms with van der Waals surface area (Å²) in [4.78, 5) is 16.9. The molecule has 2 aromatic rings. The molecule has 1 fully saturated rings. The maximum absolute atomic E-state index is 12.8. The van der Waals surface area contributed by atoms with Gasteiger partial charge in [0.25, 0.3) is 5.91 Å². The van der Waals surface area contributed by atoms with E-state index in [4.69, 9.17) is 21.1 Å². The Morgan fingerprint density at radius 3 is 2.48 bits per heavy atom. The molecule has 0 aromatic heterocycles. The molecule has 1 amide bonds. The lowest BCUT2D eigenvalue weighted by Gasteiger charge is -2.37. The number of rotatable bonds is 5. The van der Waals surface area contributed by atoms with Crippen molar-refractivity contribution in [3.63, 3.8) is 0 Å². The molecule has 0 unspecified atom stereocenters. The number of ether oxygens (including phenoxy) is 2. The number of halogens is 1. The minimum absolute atomic E-state index is 0.000265. The second-order valence-electron chi connectivity index (χ2n) is 6.68. The van der Waals surface area contributed by atoms with Crippen molar-refractivity contribution < 1.29 is 14.3 Å². The molecule has 0 spiro atoms. The summed E-state index contributed by atoms with van der Waals surface area (Å²) in [6.07, 6.45) is -0.545. The van der Waals surface area contributed by atoms with Crippen LogP contribution in [0.4, 0.5) is 5.69 Å². The van der Waals surface area contributed by atoms with Crippen LogP contribution in [0.15, 0.2) is 42.5 Å². The summed E-state index contributed by atoms with van der Waals surface area (Å²) >= 11 is 6.14. The fourth-order valence-electron chi connectivity index (χ4n) is 3.28. The molecule has 1 heterocycles. The lowest BCUT2D eigenvalue weighted by atomic mass is 10.1. The molecule has 0 bridgehead atoms. The normalized spacial score (nSPS) is 15.4. The molecule has 6 heteroatoms. The molecule has 1 atom stereocenters. The number of hydrogen-bond donors (Lipinski definition) is 0. The van der Waals surface area contributed by atoms with Crippen molar-refractivity contribution >= 4 is 23.2 Å². The van der Waals surface area contributed by atoms with Crippen molar-refractivity contribution in [1.29, 1.82) is 0 Å². The number of carbonyl (C=O) groups is 1. The van der Waals surface area contributed by atoms with Crippen LogP contribution in [0.1, 0.15) is 12.5 Å². The predicted octanol–water partition coefficient (Wildman–Crippen LogP) is 3.77. The zero-order valence-electron chi connectivity index (χ0n) is 15.9. The van der Waals surface area contributed by atoms with Gasteiger partial charge in [0, 0.05) is 43.0 Å². The third kappa shape index (κ3) is 4.66. The highest BCUT2D eigenvalue weighted by Gasteiger charge is 2.26. The molecule has 27 heavy (non-hydrogen) atoms. The molecular formula is C21H25ClN2O3. The first-order valence-electron chi connectivity index (χ1n) is 9.08. The minimum Gasteiger partial charge on any atom is -0.497 e. The van der Waals surface area contributed by atoms with Crippen LogP contribution >= 0.6 is 11.6 Å². The maximum Gasteiger partial charge on any atom is 0.263 e.